The van der Waals surface area contributed by atoms with Crippen molar-refractivity contribution in [1.82, 2.24) is 15.5 Å². The molecule has 0 aliphatic heterocycles. The first-order valence-electron chi connectivity index (χ1n) is 11.0. The molecule has 0 fully saturated rings. The maximum absolute atomic E-state index is 13.0. The highest BCUT2D eigenvalue weighted by molar-refractivity contribution is 7.13. The Bertz CT molecular complexity index is 1290. The summed E-state index contributed by atoms with van der Waals surface area (Å²) in [4.78, 5) is 24.9. The summed E-state index contributed by atoms with van der Waals surface area (Å²) in [5.74, 6) is -0.467. The largest absolute Gasteiger partial charge is 0.486 e. The molecule has 178 valence electrons. The van der Waals surface area contributed by atoms with Crippen LogP contribution in [0.4, 0.5) is 10.1 Å². The third kappa shape index (κ3) is 6.70. The van der Waals surface area contributed by atoms with E-state index in [-0.39, 0.29) is 23.3 Å². The molecule has 0 aliphatic carbocycles. The summed E-state index contributed by atoms with van der Waals surface area (Å²) in [5, 5.41) is 14.2. The quantitative estimate of drug-likeness (QED) is 0.344. The first-order valence-corrected chi connectivity index (χ1v) is 11.8. The lowest BCUT2D eigenvalue weighted by atomic mass is 10.1. The fourth-order valence-corrected chi connectivity index (χ4v) is 3.79. The topological polar surface area (TPSA) is 93.2 Å². The Kier molecular flexibility index (Phi) is 7.79. The lowest BCUT2D eigenvalue weighted by Crippen LogP contribution is -2.22. The smallest absolute Gasteiger partial charge is 0.286 e. The highest BCUT2D eigenvalue weighted by Crippen LogP contribution is 2.17. The van der Waals surface area contributed by atoms with Crippen LogP contribution in [0.25, 0.3) is 0 Å². The number of amides is 2. The molecule has 0 saturated carbocycles. The average molecular weight is 491 g/mol. The summed E-state index contributed by atoms with van der Waals surface area (Å²) < 4.78 is 18.5. The van der Waals surface area contributed by atoms with Crippen molar-refractivity contribution >= 4 is 28.8 Å². The van der Waals surface area contributed by atoms with E-state index in [0.717, 1.165) is 23.3 Å². The van der Waals surface area contributed by atoms with Crippen LogP contribution in [-0.4, -0.2) is 22.0 Å². The predicted octanol–water partition coefficient (Wildman–Crippen LogP) is 5.00. The van der Waals surface area contributed by atoms with Crippen molar-refractivity contribution in [2.45, 2.75) is 26.5 Å². The second-order valence-corrected chi connectivity index (χ2v) is 8.69. The minimum absolute atomic E-state index is 0.114. The van der Waals surface area contributed by atoms with Crippen LogP contribution < -0.4 is 15.4 Å². The zero-order valence-corrected chi connectivity index (χ0v) is 19.8. The minimum Gasteiger partial charge on any atom is -0.486 e. The lowest BCUT2D eigenvalue weighted by molar-refractivity contribution is 0.0950. The molecule has 0 atom stereocenters. The summed E-state index contributed by atoms with van der Waals surface area (Å²) in [7, 11) is 0. The first-order chi connectivity index (χ1) is 17.0. The second-order valence-electron chi connectivity index (χ2n) is 7.63. The van der Waals surface area contributed by atoms with Gasteiger partial charge in [0.1, 0.15) is 18.2 Å². The third-order valence-corrected chi connectivity index (χ3v) is 6.02. The van der Waals surface area contributed by atoms with E-state index in [1.807, 2.05) is 12.1 Å². The molecule has 35 heavy (non-hydrogen) atoms. The number of carbonyl (C=O) groups is 2. The number of anilines is 1. The fraction of sp³-hybridized carbons (Fsp3) is 0.154. The molecule has 4 rings (SSSR count). The predicted molar refractivity (Wildman–Crippen MR) is 132 cm³/mol. The van der Waals surface area contributed by atoms with Gasteiger partial charge in [-0.1, -0.05) is 42.5 Å². The minimum atomic E-state index is -0.414. The number of nitrogens with zero attached hydrogens (tertiary/aromatic N) is 2. The zero-order valence-electron chi connectivity index (χ0n) is 19.0. The Hall–Kier alpha value is -4.11. The maximum atomic E-state index is 13.0. The molecule has 2 amide bonds. The van der Waals surface area contributed by atoms with Crippen LogP contribution in [0, 0.1) is 5.82 Å². The maximum Gasteiger partial charge on any atom is 0.286 e. The van der Waals surface area contributed by atoms with Crippen LogP contribution in [0.1, 0.15) is 43.2 Å². The van der Waals surface area contributed by atoms with Crippen LogP contribution >= 0.6 is 11.3 Å². The van der Waals surface area contributed by atoms with E-state index in [0.29, 0.717) is 28.6 Å². The number of nitrogens with one attached hydrogen (secondary N) is 2. The van der Waals surface area contributed by atoms with E-state index in [4.69, 9.17) is 4.74 Å². The number of aromatic nitrogens is 2. The van der Waals surface area contributed by atoms with Gasteiger partial charge >= 0.3 is 0 Å². The standard InChI is InChI=1S/C26H23FN4O3S/c1-2-17-3-5-18(6-4-17)15-28-24(32)19-7-11-21(12-8-19)29-25(33)26-31-30-23(35-26)16-34-22-13-9-20(27)10-14-22/h3-14H,2,15-16H2,1H3,(H,28,32)(H,29,33). The van der Waals surface area contributed by atoms with Crippen molar-refractivity contribution in [2.75, 3.05) is 5.32 Å². The lowest BCUT2D eigenvalue weighted by Gasteiger charge is -2.07. The number of aryl methyl sites for hydroxylation is 1. The Morgan fingerprint density at radius 1 is 0.886 bits per heavy atom. The van der Waals surface area contributed by atoms with E-state index in [2.05, 4.69) is 39.9 Å². The van der Waals surface area contributed by atoms with Crippen LogP contribution in [-0.2, 0) is 19.6 Å². The number of halogens is 1. The SMILES string of the molecule is CCc1ccc(CNC(=O)c2ccc(NC(=O)c3nnc(COc4ccc(F)cc4)s3)cc2)cc1. The van der Waals surface area contributed by atoms with E-state index in [9.17, 15) is 14.0 Å². The van der Waals surface area contributed by atoms with E-state index >= 15 is 0 Å². The highest BCUT2D eigenvalue weighted by atomic mass is 32.1. The summed E-state index contributed by atoms with van der Waals surface area (Å²) >= 11 is 1.10. The Labute approximate surface area is 206 Å². The van der Waals surface area contributed by atoms with Gasteiger partial charge in [0, 0.05) is 17.8 Å². The van der Waals surface area contributed by atoms with Gasteiger partial charge in [0.15, 0.2) is 5.01 Å². The highest BCUT2D eigenvalue weighted by Gasteiger charge is 2.14. The Morgan fingerprint density at radius 3 is 2.26 bits per heavy atom. The van der Waals surface area contributed by atoms with Crippen LogP contribution in [0.2, 0.25) is 0 Å². The van der Waals surface area contributed by atoms with Gasteiger partial charge in [0.25, 0.3) is 11.8 Å². The molecule has 0 unspecified atom stereocenters. The fourth-order valence-electron chi connectivity index (χ4n) is 3.15. The van der Waals surface area contributed by atoms with Crippen LogP contribution in [0.15, 0.2) is 72.8 Å². The van der Waals surface area contributed by atoms with Crippen molar-refractivity contribution in [1.29, 1.82) is 0 Å². The molecule has 0 bridgehead atoms. The van der Waals surface area contributed by atoms with E-state index in [1.54, 1.807) is 24.3 Å². The molecule has 0 saturated heterocycles. The molecule has 3 aromatic carbocycles. The molecule has 9 heteroatoms. The number of carbonyl (C=O) groups excluding carboxylic acids is 2. The summed E-state index contributed by atoms with van der Waals surface area (Å²) in [6.07, 6.45) is 0.974. The van der Waals surface area contributed by atoms with Gasteiger partial charge in [0.05, 0.1) is 0 Å². The molecular formula is C26H23FN4O3S. The average Bonchev–Trinajstić information content (AvgIpc) is 3.37. The number of rotatable bonds is 9. The van der Waals surface area contributed by atoms with Crippen molar-refractivity contribution in [3.05, 3.63) is 105 Å². The molecule has 2 N–H and O–H groups in total. The van der Waals surface area contributed by atoms with Crippen LogP contribution in [0.3, 0.4) is 0 Å². The first kappa shape index (κ1) is 24.0. The zero-order chi connectivity index (χ0) is 24.6. The monoisotopic (exact) mass is 490 g/mol. The van der Waals surface area contributed by atoms with Crippen molar-refractivity contribution in [3.63, 3.8) is 0 Å². The van der Waals surface area contributed by atoms with Gasteiger partial charge in [-0.05, 0) is 66.1 Å². The van der Waals surface area contributed by atoms with Gasteiger partial charge in [-0.3, -0.25) is 9.59 Å². The molecular weight excluding hydrogens is 467 g/mol. The van der Waals surface area contributed by atoms with Crippen molar-refractivity contribution in [2.24, 2.45) is 0 Å². The molecule has 0 radical (unpaired) electrons. The third-order valence-electron chi connectivity index (χ3n) is 5.13. The molecule has 0 spiro atoms. The normalized spacial score (nSPS) is 10.6. The second kappa shape index (κ2) is 11.3. The van der Waals surface area contributed by atoms with Gasteiger partial charge in [-0.15, -0.1) is 10.2 Å². The van der Waals surface area contributed by atoms with E-state index in [1.165, 1.54) is 29.8 Å². The summed E-state index contributed by atoms with van der Waals surface area (Å²) in [6.45, 7) is 2.65. The van der Waals surface area contributed by atoms with Gasteiger partial charge in [-0.2, -0.15) is 0 Å². The van der Waals surface area contributed by atoms with Gasteiger partial charge in [0.2, 0.25) is 5.01 Å². The van der Waals surface area contributed by atoms with Crippen molar-refractivity contribution < 1.29 is 18.7 Å². The molecule has 1 aromatic heterocycles. The van der Waals surface area contributed by atoms with Gasteiger partial charge in [-0.25, -0.2) is 4.39 Å². The van der Waals surface area contributed by atoms with Gasteiger partial charge < -0.3 is 15.4 Å². The molecule has 0 aliphatic rings. The van der Waals surface area contributed by atoms with Crippen molar-refractivity contribution in [3.8, 4) is 5.75 Å². The molecule has 7 nitrogen and oxygen atoms in total. The summed E-state index contributed by atoms with van der Waals surface area (Å²) in [6, 6.07) is 20.3. The Balaban J connectivity index is 1.27. The van der Waals surface area contributed by atoms with E-state index < -0.39 is 5.91 Å². The number of hydrogen-bond acceptors (Lipinski definition) is 6. The molecule has 1 heterocycles. The van der Waals surface area contributed by atoms with Crippen LogP contribution in [0.5, 0.6) is 5.75 Å². The Morgan fingerprint density at radius 2 is 1.57 bits per heavy atom. The molecule has 4 aromatic rings. The number of hydrogen-bond donors (Lipinski definition) is 2. The number of ether oxygens (including phenoxy) is 1. The summed E-state index contributed by atoms with van der Waals surface area (Å²) in [5.41, 5.74) is 3.30. The number of benzene rings is 3.